The van der Waals surface area contributed by atoms with Crippen LogP contribution in [0.25, 0.3) is 44.3 Å². The Morgan fingerprint density at radius 2 is 1.23 bits per heavy atom. The minimum Gasteiger partial charge on any atom is -0.315 e. The van der Waals surface area contributed by atoms with E-state index in [0.717, 1.165) is 51.4 Å². The molecule has 1 spiro atoms. The average Bonchev–Trinajstić information content (AvgIpc) is 0.996. The second-order valence-electron chi connectivity index (χ2n) is 24.9. The number of fused-ring (bicyclic) bond motifs is 12. The highest BCUT2D eigenvalue weighted by atomic mass is 15.2. The normalized spacial score (nSPS) is 20.5. The highest BCUT2D eigenvalue weighted by Crippen LogP contribution is 2.58. The Labute approximate surface area is 534 Å². The van der Waals surface area contributed by atoms with E-state index >= 15 is 0 Å². The monoisotopic (exact) mass is 1160 g/mol. The number of rotatable bonds is 10. The van der Waals surface area contributed by atoms with Crippen molar-refractivity contribution in [2.24, 2.45) is 11.8 Å². The van der Waals surface area contributed by atoms with E-state index in [0.29, 0.717) is 11.8 Å². The first-order valence-corrected chi connectivity index (χ1v) is 32.7. The van der Waals surface area contributed by atoms with Crippen LogP contribution in [0.2, 0.25) is 0 Å². The number of terminal acetylenes is 1. The lowest BCUT2D eigenvalue weighted by molar-refractivity contribution is 0.461. The van der Waals surface area contributed by atoms with E-state index in [1.54, 1.807) is 0 Å². The minimum absolute atomic E-state index is 0.433. The van der Waals surface area contributed by atoms with Gasteiger partial charge in [-0.2, -0.15) is 0 Å². The fourth-order valence-corrected chi connectivity index (χ4v) is 16.4. The molecule has 6 aliphatic rings. The van der Waals surface area contributed by atoms with E-state index in [9.17, 15) is 0 Å². The average molecular weight is 1160 g/mol. The van der Waals surface area contributed by atoms with Crippen molar-refractivity contribution in [3.8, 4) is 12.8 Å². The summed E-state index contributed by atoms with van der Waals surface area (Å²) in [5.74, 6) is 0.939. The van der Waals surface area contributed by atoms with Crippen LogP contribution in [-0.2, 0) is 17.3 Å². The smallest absolute Gasteiger partial charge is 0.0710 e. The Balaban J connectivity index is 0.00000350. The summed E-state index contributed by atoms with van der Waals surface area (Å²) < 4.78 is 0. The van der Waals surface area contributed by atoms with Gasteiger partial charge in [0.15, 0.2) is 0 Å². The van der Waals surface area contributed by atoms with Gasteiger partial charge in [-0.3, -0.25) is 0 Å². The van der Waals surface area contributed by atoms with Crippen molar-refractivity contribution < 1.29 is 0 Å². The molecule has 90 heavy (non-hydrogen) atoms. The molecule has 0 bridgehead atoms. The Kier molecular flexibility index (Phi) is 16.0. The van der Waals surface area contributed by atoms with Gasteiger partial charge in [0.25, 0.3) is 0 Å². The second kappa shape index (κ2) is 24.9. The van der Waals surface area contributed by atoms with Crippen LogP contribution < -0.4 is 4.90 Å². The van der Waals surface area contributed by atoms with E-state index in [4.69, 9.17) is 0 Å². The predicted molar refractivity (Wildman–Crippen MR) is 384 cm³/mol. The van der Waals surface area contributed by atoms with Crippen LogP contribution in [0.1, 0.15) is 132 Å². The van der Waals surface area contributed by atoms with Gasteiger partial charge < -0.3 is 4.90 Å². The van der Waals surface area contributed by atoms with Crippen LogP contribution in [0.4, 0.5) is 5.69 Å². The van der Waals surface area contributed by atoms with E-state index in [1.807, 2.05) is 0 Å². The Hall–Kier alpha value is -10.0. The van der Waals surface area contributed by atoms with Crippen molar-refractivity contribution in [3.05, 3.63) is 375 Å². The summed E-state index contributed by atoms with van der Waals surface area (Å²) in [7, 11) is 0. The topological polar surface area (TPSA) is 3.24 Å². The van der Waals surface area contributed by atoms with Crippen LogP contribution in [-0.4, -0.2) is 0 Å². The molecule has 0 heterocycles. The molecule has 0 aromatic heterocycles. The highest BCUT2D eigenvalue weighted by Gasteiger charge is 2.48. The summed E-state index contributed by atoms with van der Waals surface area (Å²) in [5.41, 5.74) is 25.3. The highest BCUT2D eigenvalue weighted by molar-refractivity contribution is 5.95. The van der Waals surface area contributed by atoms with Crippen molar-refractivity contribution in [3.63, 3.8) is 0 Å². The van der Waals surface area contributed by atoms with Crippen molar-refractivity contribution in [2.45, 2.75) is 83.0 Å². The molecule has 9 aromatic rings. The summed E-state index contributed by atoms with van der Waals surface area (Å²) in [5, 5.41) is 5.24. The molecule has 1 heteroatoms. The minimum atomic E-state index is -0.583. The van der Waals surface area contributed by atoms with Crippen LogP contribution in [0.15, 0.2) is 308 Å². The van der Waals surface area contributed by atoms with Crippen molar-refractivity contribution >= 4 is 50.0 Å². The molecular weight excluding hydrogens is 1080 g/mol. The van der Waals surface area contributed by atoms with E-state index in [2.05, 4.69) is 330 Å². The molecule has 0 aliphatic heterocycles. The van der Waals surface area contributed by atoms with Crippen LogP contribution >= 0.6 is 0 Å². The first kappa shape index (κ1) is 57.7. The Bertz CT molecular complexity index is 4500. The van der Waals surface area contributed by atoms with Crippen LogP contribution in [0.3, 0.4) is 0 Å². The van der Waals surface area contributed by atoms with Crippen molar-refractivity contribution in [2.75, 3.05) is 4.90 Å². The molecule has 2 atom stereocenters. The summed E-state index contributed by atoms with van der Waals surface area (Å²) in [6, 6.07) is 76.7. The standard InChI is InChI=1S/C87H75N.C2H2/c1-4-70(58-85-73(5-2)78-43-24-25-45-81(78)87(85,68-35-15-10-16-36-68)69-37-17-11-18-38-69)88(71-52-48-64(49-53-71)75-44-27-33-61-29-13-7-6-8-19-40-74(61)75)72-39-26-34-66(56-72)67-47-46-65-32-14-9-12-28-60(3)86(84(65)57-67)82-54-50-62-30-20-22-41-76(62)79(82)59-80-77-42-23-21-31-63(77)51-55-83(80)86;1-2/h6-12,14-25,27-28,30-33,35-39,41-58,61,74H,4-5,13,26,29,34,40,59H2,1-3H3;1-2H/b7-6-,12-9-,19-8-,32-14+,60-28+,70-58+;. The SMILES string of the molecule is C#C.CCC1=C(/C=C(\CC)N(C2=CCCC(c3ccc4c(c3)C3(/C(C)=C/C=C\C=C\4)c4ccc5ccccc5c4Cc4c3ccc3ccccc43)=C2)c2ccc(C3=CC=CC4CC/C=C\C=C/CC34)cc2)C(c2ccccc2)(c2ccccc2)c2ccccc21. The van der Waals surface area contributed by atoms with E-state index < -0.39 is 10.8 Å². The van der Waals surface area contributed by atoms with Gasteiger partial charge in [0.1, 0.15) is 0 Å². The quantitative estimate of drug-likeness (QED) is 0.123. The number of hydrogen-bond donors (Lipinski definition) is 0. The van der Waals surface area contributed by atoms with E-state index in [1.165, 1.54) is 133 Å². The number of benzene rings is 9. The molecule has 0 saturated heterocycles. The maximum Gasteiger partial charge on any atom is 0.0710 e. The lowest BCUT2D eigenvalue weighted by Gasteiger charge is -2.44. The third-order valence-corrected chi connectivity index (χ3v) is 20.4. The van der Waals surface area contributed by atoms with Gasteiger partial charge in [0.05, 0.1) is 10.8 Å². The molecule has 0 radical (unpaired) electrons. The number of allylic oxidation sites excluding steroid dienone is 20. The maximum absolute atomic E-state index is 4.00. The first-order chi connectivity index (χ1) is 44.5. The summed E-state index contributed by atoms with van der Waals surface area (Å²) in [6.45, 7) is 7.10. The number of anilines is 1. The van der Waals surface area contributed by atoms with Gasteiger partial charge >= 0.3 is 0 Å². The molecule has 0 saturated carbocycles. The molecule has 0 fully saturated rings. The van der Waals surface area contributed by atoms with Gasteiger partial charge in [-0.1, -0.05) is 280 Å². The Morgan fingerprint density at radius 3 is 1.93 bits per heavy atom. The fourth-order valence-electron chi connectivity index (χ4n) is 16.4. The van der Waals surface area contributed by atoms with Gasteiger partial charge in [0, 0.05) is 17.1 Å². The second-order valence-corrected chi connectivity index (χ2v) is 24.9. The molecule has 15 rings (SSSR count). The summed E-state index contributed by atoms with van der Waals surface area (Å²) >= 11 is 0. The fraction of sp³-hybridized carbons (Fsp3) is 0.169. The summed E-state index contributed by atoms with van der Waals surface area (Å²) in [4.78, 5) is 2.63. The zero-order valence-corrected chi connectivity index (χ0v) is 52.1. The predicted octanol–water partition coefficient (Wildman–Crippen LogP) is 22.6. The number of hydrogen-bond acceptors (Lipinski definition) is 1. The third-order valence-electron chi connectivity index (χ3n) is 20.4. The van der Waals surface area contributed by atoms with Gasteiger partial charge in [0.2, 0.25) is 0 Å². The molecule has 438 valence electrons. The van der Waals surface area contributed by atoms with Gasteiger partial charge in [-0.25, -0.2) is 0 Å². The lowest BCUT2D eigenvalue weighted by atomic mass is 9.57. The molecule has 0 amide bonds. The van der Waals surface area contributed by atoms with Crippen molar-refractivity contribution in [1.82, 2.24) is 0 Å². The number of nitrogens with zero attached hydrogens (tertiary/aromatic N) is 1. The largest absolute Gasteiger partial charge is 0.315 e. The third kappa shape index (κ3) is 9.73. The summed E-state index contributed by atoms with van der Waals surface area (Å²) in [6.07, 6.45) is 51.2. The molecule has 1 nitrogen and oxygen atoms in total. The molecule has 0 N–H and O–H groups in total. The van der Waals surface area contributed by atoms with Gasteiger partial charge in [-0.15, -0.1) is 12.8 Å². The molecule has 9 aromatic carbocycles. The Morgan fingerprint density at radius 1 is 0.578 bits per heavy atom. The van der Waals surface area contributed by atoms with Crippen LogP contribution in [0, 0.1) is 24.7 Å². The molecular formula is C89H77N. The van der Waals surface area contributed by atoms with Crippen molar-refractivity contribution in [1.29, 1.82) is 0 Å². The van der Waals surface area contributed by atoms with Gasteiger partial charge in [-0.05, 0) is 211 Å². The van der Waals surface area contributed by atoms with Crippen LogP contribution in [0.5, 0.6) is 0 Å². The molecule has 2 unspecified atom stereocenters. The first-order valence-electron chi connectivity index (χ1n) is 32.7. The zero-order valence-electron chi connectivity index (χ0n) is 52.1. The maximum atomic E-state index is 4.00. The lowest BCUT2D eigenvalue weighted by Crippen LogP contribution is -2.37. The zero-order chi connectivity index (χ0) is 61.2. The molecule has 6 aliphatic carbocycles. The van der Waals surface area contributed by atoms with E-state index in [-0.39, 0.29) is 0 Å².